The Balaban J connectivity index is 2.11. The van der Waals surface area contributed by atoms with Gasteiger partial charge in [-0.05, 0) is 37.4 Å². The van der Waals surface area contributed by atoms with E-state index in [1.54, 1.807) is 28.6 Å². The van der Waals surface area contributed by atoms with Gasteiger partial charge in [0.2, 0.25) is 10.0 Å². The monoisotopic (exact) mass is 330 g/mol. The Morgan fingerprint density at radius 1 is 1.38 bits per heavy atom. The van der Waals surface area contributed by atoms with Crippen molar-refractivity contribution in [3.05, 3.63) is 29.3 Å². The molecule has 4 nitrogen and oxygen atoms in total. The first-order valence-corrected chi connectivity index (χ1v) is 9.21. The van der Waals surface area contributed by atoms with Gasteiger partial charge in [0.15, 0.2) is 0 Å². The molecule has 0 saturated carbocycles. The minimum Gasteiger partial charge on any atom is -0.314 e. The van der Waals surface area contributed by atoms with Gasteiger partial charge in [0.25, 0.3) is 0 Å². The highest BCUT2D eigenvalue weighted by Crippen LogP contribution is 2.27. The van der Waals surface area contributed by atoms with Crippen LogP contribution in [0.25, 0.3) is 0 Å². The SMILES string of the molecule is CC(C)NCC1CCCN(S(=O)(=O)c2ccccc2Cl)C1. The molecular formula is C15H23ClN2O2S. The Bertz CT molecular complexity index is 575. The molecule has 6 heteroatoms. The van der Waals surface area contributed by atoms with Crippen LogP contribution in [0.4, 0.5) is 0 Å². The van der Waals surface area contributed by atoms with Gasteiger partial charge >= 0.3 is 0 Å². The summed E-state index contributed by atoms with van der Waals surface area (Å²) >= 11 is 6.05. The van der Waals surface area contributed by atoms with Crippen LogP contribution in [-0.4, -0.2) is 38.4 Å². The van der Waals surface area contributed by atoms with Crippen molar-refractivity contribution in [2.45, 2.75) is 37.6 Å². The van der Waals surface area contributed by atoms with Gasteiger partial charge in [-0.25, -0.2) is 8.42 Å². The third-order valence-electron chi connectivity index (χ3n) is 3.75. The maximum atomic E-state index is 12.7. The van der Waals surface area contributed by atoms with Gasteiger partial charge in [-0.1, -0.05) is 37.6 Å². The Morgan fingerprint density at radius 3 is 2.76 bits per heavy atom. The van der Waals surface area contributed by atoms with Crippen LogP contribution in [0, 0.1) is 5.92 Å². The number of halogens is 1. The number of hydrogen-bond acceptors (Lipinski definition) is 3. The van der Waals surface area contributed by atoms with Gasteiger partial charge in [0.05, 0.1) is 5.02 Å². The molecule has 1 aliphatic rings. The zero-order valence-corrected chi connectivity index (χ0v) is 14.1. The van der Waals surface area contributed by atoms with Crippen molar-refractivity contribution in [2.24, 2.45) is 5.92 Å². The van der Waals surface area contributed by atoms with E-state index in [4.69, 9.17) is 11.6 Å². The Kier molecular flexibility index (Phi) is 5.66. The Hall–Kier alpha value is -0.620. The second-order valence-corrected chi connectivity index (χ2v) is 8.18. The molecule has 1 unspecified atom stereocenters. The maximum absolute atomic E-state index is 12.7. The van der Waals surface area contributed by atoms with Crippen LogP contribution in [0.15, 0.2) is 29.2 Å². The normalized spacial score (nSPS) is 20.9. The van der Waals surface area contributed by atoms with Crippen LogP contribution in [0.1, 0.15) is 26.7 Å². The number of hydrogen-bond donors (Lipinski definition) is 1. The van der Waals surface area contributed by atoms with Gasteiger partial charge in [-0.2, -0.15) is 4.31 Å². The highest BCUT2D eigenvalue weighted by Gasteiger charge is 2.31. The molecular weight excluding hydrogens is 308 g/mol. The maximum Gasteiger partial charge on any atom is 0.244 e. The molecule has 1 aromatic rings. The summed E-state index contributed by atoms with van der Waals surface area (Å²) in [4.78, 5) is 0.212. The topological polar surface area (TPSA) is 49.4 Å². The first kappa shape index (κ1) is 16.7. The van der Waals surface area contributed by atoms with Gasteiger partial charge in [0, 0.05) is 19.1 Å². The second kappa shape index (κ2) is 7.09. The van der Waals surface area contributed by atoms with E-state index >= 15 is 0 Å². The van der Waals surface area contributed by atoms with E-state index in [0.717, 1.165) is 19.4 Å². The van der Waals surface area contributed by atoms with Crippen LogP contribution in [0.5, 0.6) is 0 Å². The van der Waals surface area contributed by atoms with Gasteiger partial charge in [0.1, 0.15) is 4.90 Å². The first-order chi connectivity index (χ1) is 9.91. The lowest BCUT2D eigenvalue weighted by molar-refractivity contribution is 0.256. The predicted molar refractivity (Wildman–Crippen MR) is 86.1 cm³/mol. The fourth-order valence-corrected chi connectivity index (χ4v) is 4.66. The summed E-state index contributed by atoms with van der Waals surface area (Å²) < 4.78 is 27.0. The summed E-state index contributed by atoms with van der Waals surface area (Å²) in [6.07, 6.45) is 1.96. The zero-order valence-electron chi connectivity index (χ0n) is 12.5. The summed E-state index contributed by atoms with van der Waals surface area (Å²) in [6, 6.07) is 7.07. The lowest BCUT2D eigenvalue weighted by Gasteiger charge is -2.32. The molecule has 118 valence electrons. The average molecular weight is 331 g/mol. The van der Waals surface area contributed by atoms with Crippen molar-refractivity contribution in [2.75, 3.05) is 19.6 Å². The predicted octanol–water partition coefficient (Wildman–Crippen LogP) is 2.74. The Labute approximate surface area is 132 Å². The largest absolute Gasteiger partial charge is 0.314 e. The van der Waals surface area contributed by atoms with Crippen LogP contribution < -0.4 is 5.32 Å². The van der Waals surface area contributed by atoms with Crippen LogP contribution in [0.2, 0.25) is 5.02 Å². The van der Waals surface area contributed by atoms with E-state index in [0.29, 0.717) is 30.1 Å². The minimum absolute atomic E-state index is 0.212. The zero-order chi connectivity index (χ0) is 15.5. The lowest BCUT2D eigenvalue weighted by Crippen LogP contribution is -2.43. The summed E-state index contributed by atoms with van der Waals surface area (Å²) in [6.45, 7) is 6.19. The molecule has 1 saturated heterocycles. The minimum atomic E-state index is -3.49. The standard InChI is InChI=1S/C15H23ClN2O2S/c1-12(2)17-10-13-6-5-9-18(11-13)21(19,20)15-8-4-3-7-14(15)16/h3-4,7-8,12-13,17H,5-6,9-11H2,1-2H3. The molecule has 1 heterocycles. The third-order valence-corrected chi connectivity index (χ3v) is 6.12. The van der Waals surface area contributed by atoms with Gasteiger partial charge in [-0.3, -0.25) is 0 Å². The smallest absolute Gasteiger partial charge is 0.244 e. The van der Waals surface area contributed by atoms with Gasteiger partial charge in [-0.15, -0.1) is 0 Å². The van der Waals surface area contributed by atoms with E-state index in [2.05, 4.69) is 19.2 Å². The van der Waals surface area contributed by atoms with Crippen LogP contribution in [-0.2, 0) is 10.0 Å². The highest BCUT2D eigenvalue weighted by molar-refractivity contribution is 7.89. The fourth-order valence-electron chi connectivity index (χ4n) is 2.61. The lowest BCUT2D eigenvalue weighted by atomic mass is 9.99. The molecule has 0 aliphatic carbocycles. The highest BCUT2D eigenvalue weighted by atomic mass is 35.5. The second-order valence-electron chi connectivity index (χ2n) is 5.86. The molecule has 0 bridgehead atoms. The summed E-state index contributed by atoms with van der Waals surface area (Å²) in [7, 11) is -3.49. The molecule has 0 radical (unpaired) electrons. The summed E-state index contributed by atoms with van der Waals surface area (Å²) in [5.74, 6) is 0.360. The number of piperidine rings is 1. The van der Waals surface area contributed by atoms with Crippen LogP contribution in [0.3, 0.4) is 0 Å². The van der Waals surface area contributed by atoms with Crippen molar-refractivity contribution >= 4 is 21.6 Å². The number of rotatable bonds is 5. The molecule has 0 aromatic heterocycles. The van der Waals surface area contributed by atoms with Crippen molar-refractivity contribution in [1.29, 1.82) is 0 Å². The molecule has 1 N–H and O–H groups in total. The number of benzene rings is 1. The van der Waals surface area contributed by atoms with E-state index in [1.165, 1.54) is 0 Å². The molecule has 1 aliphatic heterocycles. The number of sulfonamides is 1. The molecule has 0 spiro atoms. The van der Waals surface area contributed by atoms with E-state index < -0.39 is 10.0 Å². The van der Waals surface area contributed by atoms with E-state index in [1.807, 2.05) is 0 Å². The third kappa shape index (κ3) is 4.19. The molecule has 0 amide bonds. The summed E-state index contributed by atoms with van der Waals surface area (Å²) in [5.41, 5.74) is 0. The van der Waals surface area contributed by atoms with E-state index in [-0.39, 0.29) is 4.90 Å². The molecule has 1 fully saturated rings. The molecule has 1 aromatic carbocycles. The van der Waals surface area contributed by atoms with Crippen LogP contribution >= 0.6 is 11.6 Å². The number of nitrogens with one attached hydrogen (secondary N) is 1. The quantitative estimate of drug-likeness (QED) is 0.903. The Morgan fingerprint density at radius 2 is 2.10 bits per heavy atom. The molecule has 21 heavy (non-hydrogen) atoms. The molecule has 2 rings (SSSR count). The fraction of sp³-hybridized carbons (Fsp3) is 0.600. The van der Waals surface area contributed by atoms with Crippen molar-refractivity contribution in [3.8, 4) is 0 Å². The van der Waals surface area contributed by atoms with Crippen molar-refractivity contribution in [3.63, 3.8) is 0 Å². The average Bonchev–Trinajstić information content (AvgIpc) is 2.45. The van der Waals surface area contributed by atoms with Crippen molar-refractivity contribution in [1.82, 2.24) is 9.62 Å². The molecule has 1 atom stereocenters. The van der Waals surface area contributed by atoms with Crippen molar-refractivity contribution < 1.29 is 8.42 Å². The van der Waals surface area contributed by atoms with Gasteiger partial charge < -0.3 is 5.32 Å². The first-order valence-electron chi connectivity index (χ1n) is 7.39. The van der Waals surface area contributed by atoms with E-state index in [9.17, 15) is 8.42 Å². The summed E-state index contributed by atoms with van der Waals surface area (Å²) in [5, 5.41) is 3.68. The number of nitrogens with zero attached hydrogens (tertiary/aromatic N) is 1.